The number of piperazine rings is 1. The molecule has 1 aromatic heterocycles. The van der Waals surface area contributed by atoms with E-state index in [1.807, 2.05) is 12.4 Å². The lowest BCUT2D eigenvalue weighted by atomic mass is 10.0. The molecule has 1 fully saturated rings. The van der Waals surface area contributed by atoms with Crippen molar-refractivity contribution in [2.75, 3.05) is 24.5 Å². The molecule has 5 heteroatoms. The number of rotatable bonds is 1. The summed E-state index contributed by atoms with van der Waals surface area (Å²) in [6.45, 7) is 7.46. The van der Waals surface area contributed by atoms with Crippen molar-refractivity contribution in [2.45, 2.75) is 19.4 Å². The van der Waals surface area contributed by atoms with Crippen LogP contribution in [-0.2, 0) is 0 Å². The van der Waals surface area contributed by atoms with Crippen LogP contribution in [0.3, 0.4) is 0 Å². The van der Waals surface area contributed by atoms with E-state index in [1.54, 1.807) is 6.33 Å². The Morgan fingerprint density at radius 1 is 1.33 bits per heavy atom. The second-order valence-electron chi connectivity index (χ2n) is 4.33. The van der Waals surface area contributed by atoms with E-state index in [1.165, 1.54) is 0 Å². The molecule has 15 heavy (non-hydrogen) atoms. The van der Waals surface area contributed by atoms with Gasteiger partial charge in [0.15, 0.2) is 0 Å². The molecule has 0 atom stereocenters. The SMILES string of the molecule is CC1(C)CN(c2cncnc2)CCN1.Cl. The summed E-state index contributed by atoms with van der Waals surface area (Å²) in [6.07, 6.45) is 5.31. The molecule has 2 rings (SSSR count). The van der Waals surface area contributed by atoms with Crippen LogP contribution in [0.1, 0.15) is 13.8 Å². The summed E-state index contributed by atoms with van der Waals surface area (Å²) in [5.41, 5.74) is 1.29. The lowest BCUT2D eigenvalue weighted by molar-refractivity contribution is 0.353. The number of aromatic nitrogens is 2. The van der Waals surface area contributed by atoms with Gasteiger partial charge in [0.1, 0.15) is 6.33 Å². The molecule has 1 aliphatic heterocycles. The predicted octanol–water partition coefficient (Wildman–Crippen LogP) is 1.09. The minimum Gasteiger partial charge on any atom is -0.366 e. The Morgan fingerprint density at radius 3 is 2.60 bits per heavy atom. The molecule has 0 radical (unpaired) electrons. The molecule has 1 aromatic rings. The third-order valence-corrected chi connectivity index (χ3v) is 2.48. The summed E-state index contributed by atoms with van der Waals surface area (Å²) in [5.74, 6) is 0. The van der Waals surface area contributed by atoms with Gasteiger partial charge in [0.05, 0.1) is 18.1 Å². The first kappa shape index (κ1) is 12.2. The Labute approximate surface area is 96.5 Å². The van der Waals surface area contributed by atoms with Crippen LogP contribution in [0.5, 0.6) is 0 Å². The first-order chi connectivity index (χ1) is 6.67. The molecule has 0 bridgehead atoms. The van der Waals surface area contributed by atoms with E-state index < -0.39 is 0 Å². The summed E-state index contributed by atoms with van der Waals surface area (Å²) < 4.78 is 0. The van der Waals surface area contributed by atoms with Crippen LogP contribution in [-0.4, -0.2) is 35.1 Å². The fourth-order valence-electron chi connectivity index (χ4n) is 1.82. The number of nitrogens with one attached hydrogen (secondary N) is 1. The van der Waals surface area contributed by atoms with Gasteiger partial charge in [-0.1, -0.05) is 0 Å². The standard InChI is InChI=1S/C10H16N4.ClH/c1-10(2)7-14(4-3-13-10)9-5-11-8-12-6-9;/h5-6,8,13H,3-4,7H2,1-2H3;1H. The van der Waals surface area contributed by atoms with E-state index in [4.69, 9.17) is 0 Å². The Bertz CT molecular complexity index is 302. The summed E-state index contributed by atoms with van der Waals surface area (Å²) in [4.78, 5) is 10.4. The molecule has 1 N–H and O–H groups in total. The van der Waals surface area contributed by atoms with Crippen molar-refractivity contribution in [3.8, 4) is 0 Å². The molecule has 2 heterocycles. The molecule has 4 nitrogen and oxygen atoms in total. The van der Waals surface area contributed by atoms with Crippen molar-refractivity contribution in [3.05, 3.63) is 18.7 Å². The van der Waals surface area contributed by atoms with Gasteiger partial charge in [-0.3, -0.25) is 0 Å². The summed E-state index contributed by atoms with van der Waals surface area (Å²) >= 11 is 0. The monoisotopic (exact) mass is 228 g/mol. The van der Waals surface area contributed by atoms with Crippen LogP contribution in [0.2, 0.25) is 0 Å². The summed E-state index contributed by atoms with van der Waals surface area (Å²) in [7, 11) is 0. The number of anilines is 1. The molecule has 84 valence electrons. The topological polar surface area (TPSA) is 41.1 Å². The fraction of sp³-hybridized carbons (Fsp3) is 0.600. The Kier molecular flexibility index (Phi) is 3.88. The second-order valence-corrected chi connectivity index (χ2v) is 4.33. The zero-order chi connectivity index (χ0) is 10.0. The predicted molar refractivity (Wildman–Crippen MR) is 63.6 cm³/mol. The van der Waals surface area contributed by atoms with Crippen molar-refractivity contribution >= 4 is 18.1 Å². The van der Waals surface area contributed by atoms with Crippen LogP contribution in [0.25, 0.3) is 0 Å². The lowest BCUT2D eigenvalue weighted by Crippen LogP contribution is -2.57. The Morgan fingerprint density at radius 2 is 2.00 bits per heavy atom. The molecular formula is C10H17ClN4. The van der Waals surface area contributed by atoms with E-state index in [9.17, 15) is 0 Å². The van der Waals surface area contributed by atoms with Crippen molar-refractivity contribution in [1.82, 2.24) is 15.3 Å². The number of halogens is 1. The largest absolute Gasteiger partial charge is 0.366 e. The van der Waals surface area contributed by atoms with Crippen LogP contribution in [0.4, 0.5) is 5.69 Å². The average molecular weight is 229 g/mol. The molecule has 1 saturated heterocycles. The van der Waals surface area contributed by atoms with E-state index in [-0.39, 0.29) is 17.9 Å². The smallest absolute Gasteiger partial charge is 0.115 e. The maximum absolute atomic E-state index is 4.03. The highest BCUT2D eigenvalue weighted by atomic mass is 35.5. The zero-order valence-corrected chi connectivity index (χ0v) is 9.92. The van der Waals surface area contributed by atoms with Crippen LogP contribution in [0.15, 0.2) is 18.7 Å². The van der Waals surface area contributed by atoms with Gasteiger partial charge in [0, 0.05) is 25.2 Å². The second kappa shape index (κ2) is 4.77. The van der Waals surface area contributed by atoms with Crippen LogP contribution in [0, 0.1) is 0 Å². The van der Waals surface area contributed by atoms with Crippen molar-refractivity contribution < 1.29 is 0 Å². The van der Waals surface area contributed by atoms with Gasteiger partial charge in [0.2, 0.25) is 0 Å². The van der Waals surface area contributed by atoms with Gasteiger partial charge in [-0.15, -0.1) is 12.4 Å². The maximum Gasteiger partial charge on any atom is 0.115 e. The first-order valence-corrected chi connectivity index (χ1v) is 4.92. The van der Waals surface area contributed by atoms with Gasteiger partial charge in [-0.25, -0.2) is 9.97 Å². The molecule has 0 amide bonds. The highest BCUT2D eigenvalue weighted by Gasteiger charge is 2.25. The highest BCUT2D eigenvalue weighted by Crippen LogP contribution is 2.17. The number of hydrogen-bond acceptors (Lipinski definition) is 4. The van der Waals surface area contributed by atoms with Crippen LogP contribution < -0.4 is 10.2 Å². The molecule has 0 unspecified atom stereocenters. The Balaban J connectivity index is 0.00000112. The quantitative estimate of drug-likeness (QED) is 0.781. The van der Waals surface area contributed by atoms with E-state index in [0.717, 1.165) is 25.3 Å². The van der Waals surface area contributed by atoms with E-state index >= 15 is 0 Å². The van der Waals surface area contributed by atoms with Gasteiger partial charge in [0.25, 0.3) is 0 Å². The maximum atomic E-state index is 4.03. The molecule has 0 aromatic carbocycles. The minimum absolute atomic E-state index is 0. The minimum atomic E-state index is 0. The van der Waals surface area contributed by atoms with Crippen molar-refractivity contribution in [2.24, 2.45) is 0 Å². The van der Waals surface area contributed by atoms with Gasteiger partial charge in [-0.2, -0.15) is 0 Å². The first-order valence-electron chi connectivity index (χ1n) is 4.92. The summed E-state index contributed by atoms with van der Waals surface area (Å²) in [5, 5.41) is 3.48. The molecule has 0 saturated carbocycles. The van der Waals surface area contributed by atoms with Crippen LogP contribution >= 0.6 is 12.4 Å². The van der Waals surface area contributed by atoms with Gasteiger partial charge >= 0.3 is 0 Å². The third-order valence-electron chi connectivity index (χ3n) is 2.48. The lowest BCUT2D eigenvalue weighted by Gasteiger charge is -2.40. The Hall–Kier alpha value is -0.870. The number of nitrogens with zero attached hydrogens (tertiary/aromatic N) is 3. The normalized spacial score (nSPS) is 19.5. The highest BCUT2D eigenvalue weighted by molar-refractivity contribution is 5.85. The molecular weight excluding hydrogens is 212 g/mol. The molecule has 1 aliphatic rings. The third kappa shape index (κ3) is 3.04. The van der Waals surface area contributed by atoms with E-state index in [0.29, 0.717) is 0 Å². The summed E-state index contributed by atoms with van der Waals surface area (Å²) in [6, 6.07) is 0. The van der Waals surface area contributed by atoms with E-state index in [2.05, 4.69) is 34.0 Å². The van der Waals surface area contributed by atoms with Gasteiger partial charge < -0.3 is 10.2 Å². The number of hydrogen-bond donors (Lipinski definition) is 1. The fourth-order valence-corrected chi connectivity index (χ4v) is 1.82. The molecule has 0 spiro atoms. The van der Waals surface area contributed by atoms with Crippen molar-refractivity contribution in [1.29, 1.82) is 0 Å². The zero-order valence-electron chi connectivity index (χ0n) is 9.10. The average Bonchev–Trinajstić information content (AvgIpc) is 2.18. The molecule has 0 aliphatic carbocycles. The van der Waals surface area contributed by atoms with Crippen molar-refractivity contribution in [3.63, 3.8) is 0 Å². The van der Waals surface area contributed by atoms with Gasteiger partial charge in [-0.05, 0) is 13.8 Å².